The Morgan fingerprint density at radius 2 is 1.04 bits per heavy atom. The molecule has 5 nitrogen and oxygen atoms in total. The van der Waals surface area contributed by atoms with Crippen LogP contribution in [0.1, 0.15) is 0 Å². The minimum absolute atomic E-state index is 0.560. The molecule has 0 fully saturated rings. The highest BCUT2D eigenvalue weighted by molar-refractivity contribution is 6.26. The first kappa shape index (κ1) is 29.2. The van der Waals surface area contributed by atoms with Crippen molar-refractivity contribution in [2.75, 3.05) is 0 Å². The van der Waals surface area contributed by atoms with Crippen LogP contribution in [-0.2, 0) is 0 Å². The van der Waals surface area contributed by atoms with Gasteiger partial charge in [-0.2, -0.15) is 9.97 Å². The summed E-state index contributed by atoms with van der Waals surface area (Å²) in [6, 6.07) is 59.7. The molecule has 0 unspecified atom stereocenters. The molecule has 0 radical (unpaired) electrons. The van der Waals surface area contributed by atoms with Crippen molar-refractivity contribution in [2.24, 2.45) is 0 Å². The molecule has 3 aromatic heterocycles. The number of fused-ring (bicyclic) bond motifs is 13. The van der Waals surface area contributed by atoms with Crippen LogP contribution in [0.4, 0.5) is 0 Å². The first-order valence-corrected chi connectivity index (χ1v) is 18.2. The highest BCUT2D eigenvalue weighted by Gasteiger charge is 2.23. The van der Waals surface area contributed by atoms with E-state index >= 15 is 0 Å². The van der Waals surface area contributed by atoms with Crippen molar-refractivity contribution in [1.29, 1.82) is 0 Å². The summed E-state index contributed by atoms with van der Waals surface area (Å²) in [5.41, 5.74) is 5.58. The smallest absolute Gasteiger partial charge is 0.238 e. The van der Waals surface area contributed by atoms with Gasteiger partial charge in [0.1, 0.15) is 11.2 Å². The second-order valence-electron chi connectivity index (χ2n) is 14.0. The normalized spacial score (nSPS) is 12.1. The predicted octanol–water partition coefficient (Wildman–Crippen LogP) is 12.8. The minimum Gasteiger partial charge on any atom is -0.455 e. The zero-order chi connectivity index (χ0) is 35.3. The summed E-state index contributed by atoms with van der Waals surface area (Å²) in [4.78, 5) is 16.1. The van der Waals surface area contributed by atoms with Crippen LogP contribution < -0.4 is 0 Å². The molecule has 0 bridgehead atoms. The highest BCUT2D eigenvalue weighted by Crippen LogP contribution is 2.42. The number of aromatic nitrogens is 4. The van der Waals surface area contributed by atoms with E-state index in [1.54, 1.807) is 0 Å². The van der Waals surface area contributed by atoms with E-state index in [1.807, 2.05) is 12.1 Å². The van der Waals surface area contributed by atoms with Gasteiger partial charge in [-0.1, -0.05) is 146 Å². The van der Waals surface area contributed by atoms with Gasteiger partial charge in [0.2, 0.25) is 5.95 Å². The summed E-state index contributed by atoms with van der Waals surface area (Å²) < 4.78 is 8.87. The fourth-order valence-electron chi connectivity index (χ4n) is 8.54. The molecule has 12 rings (SSSR count). The van der Waals surface area contributed by atoms with Crippen LogP contribution in [0.3, 0.4) is 0 Å². The molecule has 3 heterocycles. The molecule has 250 valence electrons. The standard InChI is InChI=1S/C49H28N4O/c1-2-14-33-28-34(21-20-29(33)10-1)47-50-48(40-18-9-19-42-44(40)39-26-23-32-13-5-8-17-37(32)46(39)54-42)52-49(51-47)53-41-27-24-30-11-3-6-15-35(30)43(41)38-25-22-31-12-4-7-16-36(31)45(38)53/h1-28H. The number of hydrogen-bond donors (Lipinski definition) is 0. The number of hydrogen-bond acceptors (Lipinski definition) is 4. The van der Waals surface area contributed by atoms with Gasteiger partial charge in [-0.25, -0.2) is 4.98 Å². The largest absolute Gasteiger partial charge is 0.455 e. The lowest BCUT2D eigenvalue weighted by atomic mass is 10.0. The van der Waals surface area contributed by atoms with Gasteiger partial charge in [-0.05, 0) is 56.6 Å². The van der Waals surface area contributed by atoms with Crippen LogP contribution in [0.2, 0.25) is 0 Å². The van der Waals surface area contributed by atoms with E-state index in [0.29, 0.717) is 17.6 Å². The predicted molar refractivity (Wildman–Crippen MR) is 222 cm³/mol. The van der Waals surface area contributed by atoms with Crippen LogP contribution in [0.5, 0.6) is 0 Å². The van der Waals surface area contributed by atoms with E-state index in [9.17, 15) is 0 Å². The maximum Gasteiger partial charge on any atom is 0.238 e. The number of rotatable bonds is 3. The van der Waals surface area contributed by atoms with Gasteiger partial charge in [0.15, 0.2) is 11.6 Å². The zero-order valence-electron chi connectivity index (χ0n) is 28.9. The highest BCUT2D eigenvalue weighted by atomic mass is 16.3. The maximum atomic E-state index is 6.62. The third kappa shape index (κ3) is 4.18. The summed E-state index contributed by atoms with van der Waals surface area (Å²) >= 11 is 0. The van der Waals surface area contributed by atoms with Crippen molar-refractivity contribution in [3.63, 3.8) is 0 Å². The Hall–Kier alpha value is -7.37. The van der Waals surface area contributed by atoms with Gasteiger partial charge in [-0.3, -0.25) is 4.57 Å². The first-order valence-electron chi connectivity index (χ1n) is 18.2. The quantitative estimate of drug-likeness (QED) is 0.185. The third-order valence-electron chi connectivity index (χ3n) is 11.0. The molecule has 0 aliphatic carbocycles. The Morgan fingerprint density at radius 1 is 0.407 bits per heavy atom. The average Bonchev–Trinajstić information content (AvgIpc) is 3.80. The van der Waals surface area contributed by atoms with Gasteiger partial charge in [0.25, 0.3) is 0 Å². The fourth-order valence-corrected chi connectivity index (χ4v) is 8.54. The molecule has 0 spiro atoms. The Kier molecular flexibility index (Phi) is 5.99. The first-order chi connectivity index (χ1) is 26.8. The van der Waals surface area contributed by atoms with Gasteiger partial charge < -0.3 is 4.42 Å². The molecule has 0 N–H and O–H groups in total. The molecule has 9 aromatic carbocycles. The van der Waals surface area contributed by atoms with Gasteiger partial charge >= 0.3 is 0 Å². The molecular formula is C49H28N4O. The van der Waals surface area contributed by atoms with Gasteiger partial charge in [0, 0.05) is 43.4 Å². The Morgan fingerprint density at radius 3 is 1.87 bits per heavy atom. The van der Waals surface area contributed by atoms with Crippen molar-refractivity contribution < 1.29 is 4.42 Å². The fraction of sp³-hybridized carbons (Fsp3) is 0. The molecular weight excluding hydrogens is 661 g/mol. The van der Waals surface area contributed by atoms with Gasteiger partial charge in [-0.15, -0.1) is 0 Å². The van der Waals surface area contributed by atoms with E-state index in [0.717, 1.165) is 76.4 Å². The Bertz CT molecular complexity index is 3520. The molecule has 0 atom stereocenters. The van der Waals surface area contributed by atoms with E-state index < -0.39 is 0 Å². The lowest BCUT2D eigenvalue weighted by Crippen LogP contribution is -2.06. The lowest BCUT2D eigenvalue weighted by Gasteiger charge is -2.13. The average molecular weight is 689 g/mol. The molecule has 54 heavy (non-hydrogen) atoms. The van der Waals surface area contributed by atoms with Crippen LogP contribution >= 0.6 is 0 Å². The zero-order valence-corrected chi connectivity index (χ0v) is 28.9. The summed E-state index contributed by atoms with van der Waals surface area (Å²) in [6.07, 6.45) is 0. The van der Waals surface area contributed by atoms with Crippen molar-refractivity contribution in [1.82, 2.24) is 19.5 Å². The van der Waals surface area contributed by atoms with E-state index in [2.05, 4.69) is 162 Å². The molecule has 0 aliphatic rings. The topological polar surface area (TPSA) is 56.7 Å². The minimum atomic E-state index is 0.560. The number of benzene rings is 9. The summed E-state index contributed by atoms with van der Waals surface area (Å²) in [7, 11) is 0. The molecule has 0 saturated carbocycles. The van der Waals surface area contributed by atoms with Crippen LogP contribution in [0.15, 0.2) is 174 Å². The second-order valence-corrected chi connectivity index (χ2v) is 14.0. The van der Waals surface area contributed by atoms with E-state index in [-0.39, 0.29) is 0 Å². The second kappa shape index (κ2) is 11.1. The summed E-state index contributed by atoms with van der Waals surface area (Å²) in [6.45, 7) is 0. The van der Waals surface area contributed by atoms with E-state index in [1.165, 1.54) is 21.5 Å². The Labute approximate surface area is 308 Å². The van der Waals surface area contributed by atoms with Crippen molar-refractivity contribution >= 4 is 86.8 Å². The summed E-state index contributed by atoms with van der Waals surface area (Å²) in [5.74, 6) is 1.75. The molecule has 0 saturated heterocycles. The van der Waals surface area contributed by atoms with Crippen molar-refractivity contribution in [2.45, 2.75) is 0 Å². The van der Waals surface area contributed by atoms with Crippen molar-refractivity contribution in [3.05, 3.63) is 170 Å². The molecule has 0 aliphatic heterocycles. The number of nitrogens with zero attached hydrogens (tertiary/aromatic N) is 4. The molecule has 12 aromatic rings. The maximum absolute atomic E-state index is 6.62. The lowest BCUT2D eigenvalue weighted by molar-refractivity contribution is 0.672. The van der Waals surface area contributed by atoms with Crippen LogP contribution in [0, 0.1) is 0 Å². The monoisotopic (exact) mass is 688 g/mol. The SMILES string of the molecule is c1ccc2cc(-c3nc(-c4cccc5oc6c7ccccc7ccc6c45)nc(-n4c5ccc6ccccc6c5c5ccc6ccccc6c54)n3)ccc2c1. The molecule has 5 heteroatoms. The Balaban J connectivity index is 1.22. The summed E-state index contributed by atoms with van der Waals surface area (Å²) in [5, 5.41) is 13.5. The van der Waals surface area contributed by atoms with E-state index in [4.69, 9.17) is 19.4 Å². The van der Waals surface area contributed by atoms with Gasteiger partial charge in [0.05, 0.1) is 11.0 Å². The van der Waals surface area contributed by atoms with Crippen LogP contribution in [0.25, 0.3) is 116 Å². The molecule has 0 amide bonds. The number of furan rings is 1. The van der Waals surface area contributed by atoms with Crippen molar-refractivity contribution in [3.8, 4) is 28.7 Å². The third-order valence-corrected chi connectivity index (χ3v) is 11.0. The van der Waals surface area contributed by atoms with Crippen LogP contribution in [-0.4, -0.2) is 19.5 Å².